The minimum absolute atomic E-state index is 0.0811. The second-order valence-corrected chi connectivity index (χ2v) is 8.23. The van der Waals surface area contributed by atoms with Crippen molar-refractivity contribution in [2.45, 2.75) is 0 Å². The molecule has 3 aromatic carbocycles. The molecule has 0 saturated heterocycles. The molecule has 0 aromatic heterocycles. The van der Waals surface area contributed by atoms with Crippen LogP contribution in [0.4, 0.5) is 11.4 Å². The molecule has 2 amide bonds. The zero-order valence-corrected chi connectivity index (χ0v) is 19.3. The number of nitro groups is 1. The maximum absolute atomic E-state index is 12.9. The first-order chi connectivity index (χ1) is 16.4. The number of amides is 2. The van der Waals surface area contributed by atoms with Gasteiger partial charge >= 0.3 is 0 Å². The second-order valence-electron chi connectivity index (χ2n) is 7.32. The predicted octanol–water partition coefficient (Wildman–Crippen LogP) is 3.69. The van der Waals surface area contributed by atoms with Crippen LogP contribution in [0.2, 0.25) is 0 Å². The van der Waals surface area contributed by atoms with Gasteiger partial charge in [-0.3, -0.25) is 24.7 Å². The molecular weight excluding hydrogens is 502 g/mol. The summed E-state index contributed by atoms with van der Waals surface area (Å²) < 4.78 is 0.815. The van der Waals surface area contributed by atoms with Crippen molar-refractivity contribution in [3.05, 3.63) is 104 Å². The van der Waals surface area contributed by atoms with E-state index in [0.29, 0.717) is 17.0 Å². The lowest BCUT2D eigenvalue weighted by molar-refractivity contribution is -0.384. The van der Waals surface area contributed by atoms with Crippen molar-refractivity contribution in [3.8, 4) is 0 Å². The third kappa shape index (κ3) is 5.24. The fourth-order valence-electron chi connectivity index (χ4n) is 3.48. The number of benzene rings is 3. The first-order valence-corrected chi connectivity index (χ1v) is 11.0. The van der Waals surface area contributed by atoms with E-state index in [1.54, 1.807) is 18.2 Å². The predicted molar refractivity (Wildman–Crippen MR) is 132 cm³/mol. The SMILES string of the molecule is O=C(CN1C(=O)CN=C(c2ccccc2)c2cc(Br)ccc21)N/N=C/c1cccc([N+](=O)[O-])c1. The Labute approximate surface area is 203 Å². The molecule has 0 atom stereocenters. The third-order valence-electron chi connectivity index (χ3n) is 5.01. The van der Waals surface area contributed by atoms with Crippen LogP contribution in [0.5, 0.6) is 0 Å². The fourth-order valence-corrected chi connectivity index (χ4v) is 3.84. The number of nitrogens with one attached hydrogen (secondary N) is 1. The Morgan fingerprint density at radius 3 is 2.71 bits per heavy atom. The van der Waals surface area contributed by atoms with E-state index in [1.165, 1.54) is 29.3 Å². The van der Waals surface area contributed by atoms with E-state index in [9.17, 15) is 19.7 Å². The number of benzodiazepines with no additional fused rings is 1. The number of rotatable bonds is 6. The van der Waals surface area contributed by atoms with Gasteiger partial charge in [0.25, 0.3) is 11.6 Å². The molecule has 0 saturated carbocycles. The van der Waals surface area contributed by atoms with E-state index in [0.717, 1.165) is 15.6 Å². The Kier molecular flexibility index (Phi) is 6.88. The highest BCUT2D eigenvalue weighted by Crippen LogP contribution is 2.29. The van der Waals surface area contributed by atoms with Crippen molar-refractivity contribution in [1.29, 1.82) is 0 Å². The van der Waals surface area contributed by atoms with Crippen molar-refractivity contribution in [3.63, 3.8) is 0 Å². The summed E-state index contributed by atoms with van der Waals surface area (Å²) in [6.07, 6.45) is 1.30. The summed E-state index contributed by atoms with van der Waals surface area (Å²) in [5, 5.41) is 14.8. The van der Waals surface area contributed by atoms with Crippen LogP contribution in [0.3, 0.4) is 0 Å². The number of fused-ring (bicyclic) bond motifs is 1. The van der Waals surface area contributed by atoms with Gasteiger partial charge in [0, 0.05) is 33.3 Å². The van der Waals surface area contributed by atoms with Crippen molar-refractivity contribution >= 4 is 51.0 Å². The van der Waals surface area contributed by atoms with Gasteiger partial charge in [-0.05, 0) is 18.2 Å². The summed E-state index contributed by atoms with van der Waals surface area (Å²) in [7, 11) is 0. The van der Waals surface area contributed by atoms with Crippen LogP contribution in [-0.2, 0) is 9.59 Å². The number of halogens is 1. The van der Waals surface area contributed by atoms with Crippen LogP contribution < -0.4 is 10.3 Å². The molecule has 1 heterocycles. The third-order valence-corrected chi connectivity index (χ3v) is 5.50. The molecular formula is C24H18BrN5O4. The summed E-state index contributed by atoms with van der Waals surface area (Å²) in [6.45, 7) is -0.377. The zero-order valence-electron chi connectivity index (χ0n) is 17.7. The average molecular weight is 520 g/mol. The van der Waals surface area contributed by atoms with Crippen LogP contribution in [0.25, 0.3) is 0 Å². The Bertz CT molecular complexity index is 1320. The summed E-state index contributed by atoms with van der Waals surface area (Å²) in [4.78, 5) is 41.8. The average Bonchev–Trinajstić information content (AvgIpc) is 2.96. The second kappa shape index (κ2) is 10.2. The van der Waals surface area contributed by atoms with Crippen LogP contribution in [0.1, 0.15) is 16.7 Å². The van der Waals surface area contributed by atoms with E-state index in [2.05, 4.69) is 31.4 Å². The number of anilines is 1. The molecule has 0 unspecified atom stereocenters. The zero-order chi connectivity index (χ0) is 24.1. The number of nitro benzene ring substituents is 1. The first-order valence-electron chi connectivity index (χ1n) is 10.2. The highest BCUT2D eigenvalue weighted by atomic mass is 79.9. The van der Waals surface area contributed by atoms with Crippen molar-refractivity contribution < 1.29 is 14.5 Å². The number of hydrazone groups is 1. The normalized spacial score (nSPS) is 13.3. The Hall–Kier alpha value is -4.18. The van der Waals surface area contributed by atoms with Gasteiger partial charge < -0.3 is 4.90 Å². The number of hydrogen-bond donors (Lipinski definition) is 1. The molecule has 170 valence electrons. The number of nitrogens with zero attached hydrogens (tertiary/aromatic N) is 4. The minimum Gasteiger partial charge on any atom is -0.301 e. The molecule has 0 aliphatic carbocycles. The van der Waals surface area contributed by atoms with E-state index in [-0.39, 0.29) is 24.7 Å². The van der Waals surface area contributed by atoms with E-state index in [4.69, 9.17) is 0 Å². The van der Waals surface area contributed by atoms with Gasteiger partial charge in [0.15, 0.2) is 0 Å². The Morgan fingerprint density at radius 2 is 1.94 bits per heavy atom. The lowest BCUT2D eigenvalue weighted by atomic mass is 10.0. The summed E-state index contributed by atoms with van der Waals surface area (Å²) in [6, 6.07) is 20.8. The summed E-state index contributed by atoms with van der Waals surface area (Å²) in [5.41, 5.74) is 5.56. The molecule has 0 spiro atoms. The minimum atomic E-state index is -0.521. The van der Waals surface area contributed by atoms with Gasteiger partial charge in [-0.2, -0.15) is 5.10 Å². The van der Waals surface area contributed by atoms with Gasteiger partial charge in [0.2, 0.25) is 5.91 Å². The van der Waals surface area contributed by atoms with Gasteiger partial charge in [-0.25, -0.2) is 5.43 Å². The number of non-ortho nitro benzene ring substituents is 1. The topological polar surface area (TPSA) is 117 Å². The van der Waals surface area contributed by atoms with Crippen LogP contribution in [0, 0.1) is 10.1 Å². The number of aliphatic imine (C=N–C) groups is 1. The maximum Gasteiger partial charge on any atom is 0.270 e. The first kappa shape index (κ1) is 23.0. The standard InChI is InChI=1S/C24H18BrN5O4/c25-18-9-10-21-20(12-18)24(17-6-2-1-3-7-17)26-14-23(32)29(21)15-22(31)28-27-13-16-5-4-8-19(11-16)30(33)34/h1-13H,14-15H2,(H,28,31)/b27-13+. The quantitative estimate of drug-likeness (QED) is 0.303. The van der Waals surface area contributed by atoms with Gasteiger partial charge in [-0.1, -0.05) is 58.4 Å². The Balaban J connectivity index is 1.54. The molecule has 0 bridgehead atoms. The molecule has 9 nitrogen and oxygen atoms in total. The number of hydrogen-bond acceptors (Lipinski definition) is 6. The summed E-state index contributed by atoms with van der Waals surface area (Å²) in [5.74, 6) is -0.848. The maximum atomic E-state index is 12.9. The molecule has 1 aliphatic rings. The largest absolute Gasteiger partial charge is 0.301 e. The molecule has 34 heavy (non-hydrogen) atoms. The van der Waals surface area contributed by atoms with Gasteiger partial charge in [-0.15, -0.1) is 0 Å². The molecule has 3 aromatic rings. The molecule has 1 aliphatic heterocycles. The highest BCUT2D eigenvalue weighted by Gasteiger charge is 2.27. The van der Waals surface area contributed by atoms with Crippen molar-refractivity contribution in [2.24, 2.45) is 10.1 Å². The fraction of sp³-hybridized carbons (Fsp3) is 0.0833. The smallest absolute Gasteiger partial charge is 0.270 e. The van der Waals surface area contributed by atoms with E-state index < -0.39 is 10.8 Å². The van der Waals surface area contributed by atoms with Crippen LogP contribution >= 0.6 is 15.9 Å². The lowest BCUT2D eigenvalue weighted by Gasteiger charge is -2.22. The molecule has 0 radical (unpaired) electrons. The Morgan fingerprint density at radius 1 is 1.15 bits per heavy atom. The lowest BCUT2D eigenvalue weighted by Crippen LogP contribution is -2.40. The van der Waals surface area contributed by atoms with Gasteiger partial charge in [0.1, 0.15) is 13.1 Å². The van der Waals surface area contributed by atoms with Crippen molar-refractivity contribution in [1.82, 2.24) is 5.43 Å². The van der Waals surface area contributed by atoms with Crippen LogP contribution in [0.15, 0.2) is 87.4 Å². The molecule has 1 N–H and O–H groups in total. The summed E-state index contributed by atoms with van der Waals surface area (Å²) >= 11 is 3.47. The van der Waals surface area contributed by atoms with Crippen molar-refractivity contribution in [2.75, 3.05) is 18.0 Å². The van der Waals surface area contributed by atoms with Gasteiger partial charge in [0.05, 0.1) is 22.5 Å². The van der Waals surface area contributed by atoms with E-state index >= 15 is 0 Å². The van der Waals surface area contributed by atoms with E-state index in [1.807, 2.05) is 36.4 Å². The highest BCUT2D eigenvalue weighted by molar-refractivity contribution is 9.10. The number of carbonyl (C=O) groups excluding carboxylic acids is 2. The number of carbonyl (C=O) groups is 2. The molecule has 4 rings (SSSR count). The molecule has 10 heteroatoms. The molecule has 0 fully saturated rings. The monoisotopic (exact) mass is 519 g/mol. The van der Waals surface area contributed by atoms with Crippen LogP contribution in [-0.4, -0.2) is 41.8 Å².